The number of benzene rings is 2. The van der Waals surface area contributed by atoms with Gasteiger partial charge in [-0.2, -0.15) is 15.5 Å². The van der Waals surface area contributed by atoms with Gasteiger partial charge < -0.3 is 14.6 Å². The molecule has 27 heavy (non-hydrogen) atoms. The number of aliphatic hydroxyl groups is 1. The van der Waals surface area contributed by atoms with Gasteiger partial charge in [-0.25, -0.2) is 4.79 Å². The molecule has 0 radical (unpaired) electrons. The minimum atomic E-state index is -1.00. The second-order valence-corrected chi connectivity index (χ2v) is 5.43. The molecule has 2 aromatic rings. The fourth-order valence-electron chi connectivity index (χ4n) is 2.06. The van der Waals surface area contributed by atoms with E-state index < -0.39 is 12.3 Å². The van der Waals surface area contributed by atoms with Crippen LogP contribution in [0.4, 0.5) is 11.4 Å². The minimum absolute atomic E-state index is 0.0522. The quantitative estimate of drug-likeness (QED) is 0.240. The average molecular weight is 365 g/mol. The van der Waals surface area contributed by atoms with Crippen LogP contribution in [0.3, 0.4) is 0 Å². The number of rotatable bonds is 9. The number of esters is 1. The van der Waals surface area contributed by atoms with Gasteiger partial charge in [0.15, 0.2) is 6.29 Å². The number of ether oxygens (including phenoxy) is 2. The number of hydrogen-bond acceptors (Lipinski definition) is 7. The molecule has 0 aliphatic carbocycles. The molecule has 0 amide bonds. The van der Waals surface area contributed by atoms with E-state index >= 15 is 0 Å². The molecule has 0 saturated heterocycles. The van der Waals surface area contributed by atoms with Crippen molar-refractivity contribution >= 4 is 17.3 Å². The Morgan fingerprint density at radius 3 is 2.26 bits per heavy atom. The highest BCUT2D eigenvalue weighted by molar-refractivity contribution is 5.81. The SMILES string of the molecule is C=CC(=O)OCCOC(O)Cc1ccc(N=Nc2ccc(C#N)cc2)cc1. The molecule has 2 aromatic carbocycles. The molecule has 0 aliphatic rings. The summed E-state index contributed by atoms with van der Waals surface area (Å²) in [6, 6.07) is 16.0. The van der Waals surface area contributed by atoms with Crippen molar-refractivity contribution in [1.29, 1.82) is 5.26 Å². The van der Waals surface area contributed by atoms with Crippen LogP contribution in [-0.4, -0.2) is 30.6 Å². The zero-order valence-electron chi connectivity index (χ0n) is 14.6. The Balaban J connectivity index is 1.80. The number of carbonyl (C=O) groups excluding carboxylic acids is 1. The van der Waals surface area contributed by atoms with Crippen LogP contribution in [0.2, 0.25) is 0 Å². The molecule has 0 spiro atoms. The van der Waals surface area contributed by atoms with E-state index in [1.165, 1.54) is 0 Å². The molecule has 0 aromatic heterocycles. The van der Waals surface area contributed by atoms with E-state index in [1.54, 1.807) is 36.4 Å². The summed E-state index contributed by atoms with van der Waals surface area (Å²) in [5, 5.41) is 26.8. The first-order chi connectivity index (χ1) is 13.1. The Hall–Kier alpha value is -3.34. The van der Waals surface area contributed by atoms with Crippen LogP contribution < -0.4 is 0 Å². The number of azo groups is 1. The maximum absolute atomic E-state index is 10.9. The third-order valence-electron chi connectivity index (χ3n) is 3.43. The summed E-state index contributed by atoms with van der Waals surface area (Å²) in [5.41, 5.74) is 2.75. The van der Waals surface area contributed by atoms with Crippen LogP contribution in [0.1, 0.15) is 11.1 Å². The predicted octanol–water partition coefficient (Wildman–Crippen LogP) is 3.58. The molecule has 1 unspecified atom stereocenters. The number of hydrogen-bond donors (Lipinski definition) is 1. The van der Waals surface area contributed by atoms with E-state index in [2.05, 4.69) is 16.8 Å². The minimum Gasteiger partial charge on any atom is -0.460 e. The topological polar surface area (TPSA) is 104 Å². The second-order valence-electron chi connectivity index (χ2n) is 5.43. The Kier molecular flexibility index (Phi) is 7.85. The molecule has 138 valence electrons. The van der Waals surface area contributed by atoms with Gasteiger partial charge in [0.05, 0.1) is 29.6 Å². The molecule has 1 atom stereocenters. The normalized spacial score (nSPS) is 11.7. The lowest BCUT2D eigenvalue weighted by molar-refractivity contribution is -0.145. The second kappa shape index (κ2) is 10.6. The Morgan fingerprint density at radius 1 is 1.11 bits per heavy atom. The molecular formula is C20H19N3O4. The number of nitriles is 1. The summed E-state index contributed by atoms with van der Waals surface area (Å²) in [5.74, 6) is -0.529. The van der Waals surface area contributed by atoms with Gasteiger partial charge in [-0.1, -0.05) is 18.7 Å². The molecule has 1 N–H and O–H groups in total. The molecule has 0 bridgehead atoms. The van der Waals surface area contributed by atoms with E-state index in [0.29, 0.717) is 23.4 Å². The smallest absolute Gasteiger partial charge is 0.330 e. The third kappa shape index (κ3) is 7.20. The summed E-state index contributed by atoms with van der Waals surface area (Å²) in [7, 11) is 0. The van der Waals surface area contributed by atoms with Crippen molar-refractivity contribution in [3.63, 3.8) is 0 Å². The first kappa shape index (κ1) is 20.0. The van der Waals surface area contributed by atoms with Crippen molar-refractivity contribution in [1.82, 2.24) is 0 Å². The van der Waals surface area contributed by atoms with Gasteiger partial charge >= 0.3 is 5.97 Å². The zero-order chi connectivity index (χ0) is 19.5. The van der Waals surface area contributed by atoms with E-state index in [1.807, 2.05) is 18.2 Å². The summed E-state index contributed by atoms with van der Waals surface area (Å²) in [6.45, 7) is 3.43. The van der Waals surface area contributed by atoms with E-state index in [4.69, 9.17) is 14.7 Å². The highest BCUT2D eigenvalue weighted by Gasteiger charge is 2.06. The molecule has 7 heteroatoms. The van der Waals surface area contributed by atoms with Gasteiger partial charge in [0.2, 0.25) is 0 Å². The lowest BCUT2D eigenvalue weighted by atomic mass is 10.1. The van der Waals surface area contributed by atoms with Gasteiger partial charge in [-0.05, 0) is 42.0 Å². The van der Waals surface area contributed by atoms with E-state index in [0.717, 1.165) is 11.6 Å². The fraction of sp³-hybridized carbons (Fsp3) is 0.200. The highest BCUT2D eigenvalue weighted by atomic mass is 16.6. The lowest BCUT2D eigenvalue weighted by Crippen LogP contribution is -2.19. The number of aliphatic hydroxyl groups excluding tert-OH is 1. The standard InChI is InChI=1S/C20H19N3O4/c1-2-19(24)26-11-12-27-20(25)13-15-3-7-17(8-4-15)22-23-18-9-5-16(14-21)6-10-18/h2-10,20,25H,1,11-13H2. The van der Waals surface area contributed by atoms with Crippen LogP contribution >= 0.6 is 0 Å². The summed E-state index contributed by atoms with van der Waals surface area (Å²) in [6.07, 6.45) is 0.359. The van der Waals surface area contributed by atoms with Crippen molar-refractivity contribution < 1.29 is 19.4 Å². The van der Waals surface area contributed by atoms with Gasteiger partial charge in [0.25, 0.3) is 0 Å². The molecular weight excluding hydrogens is 346 g/mol. The Morgan fingerprint density at radius 2 is 1.70 bits per heavy atom. The van der Waals surface area contributed by atoms with Crippen LogP contribution in [0.15, 0.2) is 71.4 Å². The largest absolute Gasteiger partial charge is 0.460 e. The van der Waals surface area contributed by atoms with Crippen molar-refractivity contribution in [3.05, 3.63) is 72.3 Å². The summed E-state index contributed by atoms with van der Waals surface area (Å²) >= 11 is 0. The summed E-state index contributed by atoms with van der Waals surface area (Å²) in [4.78, 5) is 10.9. The average Bonchev–Trinajstić information content (AvgIpc) is 2.71. The van der Waals surface area contributed by atoms with Gasteiger partial charge in [-0.3, -0.25) is 0 Å². The summed E-state index contributed by atoms with van der Waals surface area (Å²) < 4.78 is 9.93. The molecule has 0 saturated carbocycles. The van der Waals surface area contributed by atoms with Crippen molar-refractivity contribution in [2.75, 3.05) is 13.2 Å². The highest BCUT2D eigenvalue weighted by Crippen LogP contribution is 2.19. The van der Waals surface area contributed by atoms with Crippen LogP contribution in [-0.2, 0) is 20.7 Å². The van der Waals surface area contributed by atoms with Crippen molar-refractivity contribution in [3.8, 4) is 6.07 Å². The predicted molar refractivity (Wildman–Crippen MR) is 98.6 cm³/mol. The number of carbonyl (C=O) groups is 1. The first-order valence-corrected chi connectivity index (χ1v) is 8.20. The molecule has 0 heterocycles. The van der Waals surface area contributed by atoms with E-state index in [9.17, 15) is 9.90 Å². The van der Waals surface area contributed by atoms with Crippen LogP contribution in [0, 0.1) is 11.3 Å². The fourth-order valence-corrected chi connectivity index (χ4v) is 2.06. The maximum Gasteiger partial charge on any atom is 0.330 e. The Labute approximate surface area is 157 Å². The van der Waals surface area contributed by atoms with Crippen molar-refractivity contribution in [2.45, 2.75) is 12.7 Å². The molecule has 0 aliphatic heterocycles. The van der Waals surface area contributed by atoms with Gasteiger partial charge in [0, 0.05) is 12.5 Å². The van der Waals surface area contributed by atoms with Crippen molar-refractivity contribution in [2.24, 2.45) is 10.2 Å². The van der Waals surface area contributed by atoms with Gasteiger partial charge in [-0.15, -0.1) is 0 Å². The molecule has 7 nitrogen and oxygen atoms in total. The zero-order valence-corrected chi connectivity index (χ0v) is 14.6. The monoisotopic (exact) mass is 365 g/mol. The Bertz CT molecular complexity index is 824. The van der Waals surface area contributed by atoms with Gasteiger partial charge in [0.1, 0.15) is 6.61 Å². The third-order valence-corrected chi connectivity index (χ3v) is 3.43. The molecule has 0 fully saturated rings. The lowest BCUT2D eigenvalue weighted by Gasteiger charge is -2.12. The number of nitrogens with zero attached hydrogens (tertiary/aromatic N) is 3. The first-order valence-electron chi connectivity index (χ1n) is 8.20. The van der Waals surface area contributed by atoms with E-state index in [-0.39, 0.29) is 13.2 Å². The van der Waals surface area contributed by atoms with Crippen LogP contribution in [0.25, 0.3) is 0 Å². The maximum atomic E-state index is 10.9. The molecule has 2 rings (SSSR count). The van der Waals surface area contributed by atoms with Crippen LogP contribution in [0.5, 0.6) is 0 Å².